The summed E-state index contributed by atoms with van der Waals surface area (Å²) in [7, 11) is 0. The third-order valence-electron chi connectivity index (χ3n) is 4.80. The summed E-state index contributed by atoms with van der Waals surface area (Å²) in [4.78, 5) is 2.44. The predicted octanol–water partition coefficient (Wildman–Crippen LogP) is 2.13. The molecular weight excluding hydrogens is 253 g/mol. The molecule has 20 heavy (non-hydrogen) atoms. The van der Waals surface area contributed by atoms with Gasteiger partial charge in [0.1, 0.15) is 5.82 Å². The van der Waals surface area contributed by atoms with Gasteiger partial charge in [-0.15, -0.1) is 0 Å². The fourth-order valence-corrected chi connectivity index (χ4v) is 3.87. The van der Waals surface area contributed by atoms with Crippen LogP contribution >= 0.6 is 0 Å². The molecule has 1 aromatic carbocycles. The van der Waals surface area contributed by atoms with Gasteiger partial charge in [-0.05, 0) is 55.1 Å². The van der Waals surface area contributed by atoms with Gasteiger partial charge in [0.2, 0.25) is 0 Å². The highest BCUT2D eigenvalue weighted by atomic mass is 19.1. The van der Waals surface area contributed by atoms with Crippen molar-refractivity contribution in [1.29, 1.82) is 5.26 Å². The van der Waals surface area contributed by atoms with Crippen LogP contribution in [0.15, 0.2) is 18.2 Å². The Hall–Kier alpha value is -1.44. The minimum absolute atomic E-state index is 0.256. The van der Waals surface area contributed by atoms with Crippen LogP contribution in [0.5, 0.6) is 0 Å². The third kappa shape index (κ3) is 2.32. The summed E-state index contributed by atoms with van der Waals surface area (Å²) in [6.45, 7) is 6.14. The maximum absolute atomic E-state index is 13.4. The zero-order valence-corrected chi connectivity index (χ0v) is 11.8. The molecular formula is C16H20FN3. The zero-order chi connectivity index (χ0) is 14.1. The van der Waals surface area contributed by atoms with Crippen LogP contribution in [0.3, 0.4) is 0 Å². The van der Waals surface area contributed by atoms with E-state index < -0.39 is 0 Å². The van der Waals surface area contributed by atoms with E-state index in [1.165, 1.54) is 12.1 Å². The molecule has 106 valence electrons. The molecule has 1 N–H and O–H groups in total. The first-order valence-corrected chi connectivity index (χ1v) is 7.36. The molecule has 3 rings (SSSR count). The first kappa shape index (κ1) is 13.5. The quantitative estimate of drug-likeness (QED) is 0.917. The monoisotopic (exact) mass is 273 g/mol. The molecule has 0 saturated carbocycles. The van der Waals surface area contributed by atoms with Crippen LogP contribution in [0.1, 0.15) is 24.5 Å². The van der Waals surface area contributed by atoms with Gasteiger partial charge in [-0.1, -0.05) is 6.92 Å². The fraction of sp³-hybridized carbons (Fsp3) is 0.562. The molecule has 0 spiro atoms. The lowest BCUT2D eigenvalue weighted by Crippen LogP contribution is -2.34. The van der Waals surface area contributed by atoms with Gasteiger partial charge < -0.3 is 5.32 Å². The van der Waals surface area contributed by atoms with Crippen molar-refractivity contribution in [3.05, 3.63) is 35.1 Å². The van der Waals surface area contributed by atoms with Gasteiger partial charge >= 0.3 is 0 Å². The molecule has 0 aromatic heterocycles. The van der Waals surface area contributed by atoms with Crippen molar-refractivity contribution >= 4 is 0 Å². The Morgan fingerprint density at radius 3 is 3.05 bits per heavy atom. The van der Waals surface area contributed by atoms with E-state index in [9.17, 15) is 4.39 Å². The van der Waals surface area contributed by atoms with Crippen molar-refractivity contribution in [2.45, 2.75) is 25.9 Å². The average molecular weight is 273 g/mol. The van der Waals surface area contributed by atoms with Gasteiger partial charge in [0.05, 0.1) is 11.6 Å². The van der Waals surface area contributed by atoms with Crippen LogP contribution < -0.4 is 5.32 Å². The van der Waals surface area contributed by atoms with E-state index in [-0.39, 0.29) is 5.82 Å². The van der Waals surface area contributed by atoms with E-state index in [0.29, 0.717) is 30.0 Å². The fourth-order valence-electron chi connectivity index (χ4n) is 3.87. The van der Waals surface area contributed by atoms with E-state index in [4.69, 9.17) is 5.26 Å². The number of fused-ring (bicyclic) bond motifs is 1. The SMILES string of the molecule is CCC1C2CNCC2CN1Cc1cc(F)ccc1C#N. The largest absolute Gasteiger partial charge is 0.316 e. The number of nitrogens with zero attached hydrogens (tertiary/aromatic N) is 2. The molecule has 0 aliphatic carbocycles. The Kier molecular flexibility index (Phi) is 3.73. The Bertz CT molecular complexity index is 537. The maximum Gasteiger partial charge on any atom is 0.123 e. The standard InChI is InChI=1S/C16H20FN3/c1-2-16-15-8-19-7-13(15)10-20(16)9-12-5-14(17)4-3-11(12)6-18/h3-5,13,15-16,19H,2,7-10H2,1H3. The molecule has 3 atom stereocenters. The van der Waals surface area contributed by atoms with Crippen LogP contribution in [0.25, 0.3) is 0 Å². The predicted molar refractivity (Wildman–Crippen MR) is 75.5 cm³/mol. The summed E-state index contributed by atoms with van der Waals surface area (Å²) in [5.41, 5.74) is 1.41. The molecule has 2 saturated heterocycles. The topological polar surface area (TPSA) is 39.1 Å². The zero-order valence-electron chi connectivity index (χ0n) is 11.8. The number of hydrogen-bond donors (Lipinski definition) is 1. The molecule has 0 radical (unpaired) electrons. The van der Waals surface area contributed by atoms with E-state index in [0.717, 1.165) is 31.6 Å². The van der Waals surface area contributed by atoms with Gasteiger partial charge in [0.25, 0.3) is 0 Å². The second-order valence-electron chi connectivity index (χ2n) is 5.90. The molecule has 2 aliphatic heterocycles. The van der Waals surface area contributed by atoms with E-state index >= 15 is 0 Å². The Morgan fingerprint density at radius 1 is 1.45 bits per heavy atom. The van der Waals surface area contributed by atoms with Crippen molar-refractivity contribution in [2.24, 2.45) is 11.8 Å². The van der Waals surface area contributed by atoms with Crippen molar-refractivity contribution in [3.8, 4) is 6.07 Å². The van der Waals surface area contributed by atoms with Crippen LogP contribution in [-0.4, -0.2) is 30.6 Å². The summed E-state index contributed by atoms with van der Waals surface area (Å²) in [6.07, 6.45) is 1.11. The van der Waals surface area contributed by atoms with Crippen LogP contribution in [0.4, 0.5) is 4.39 Å². The smallest absolute Gasteiger partial charge is 0.123 e. The summed E-state index contributed by atoms with van der Waals surface area (Å²) in [6, 6.07) is 7.18. The number of likely N-dealkylation sites (tertiary alicyclic amines) is 1. The lowest BCUT2D eigenvalue weighted by molar-refractivity contribution is 0.210. The summed E-state index contributed by atoms with van der Waals surface area (Å²) < 4.78 is 13.4. The highest BCUT2D eigenvalue weighted by molar-refractivity contribution is 5.38. The van der Waals surface area contributed by atoms with Crippen LogP contribution in [0, 0.1) is 29.0 Å². The molecule has 4 heteroatoms. The second-order valence-corrected chi connectivity index (χ2v) is 5.90. The van der Waals surface area contributed by atoms with Gasteiger partial charge in [0, 0.05) is 19.1 Å². The first-order valence-electron chi connectivity index (χ1n) is 7.36. The highest BCUT2D eigenvalue weighted by Crippen LogP contribution is 2.35. The van der Waals surface area contributed by atoms with Gasteiger partial charge in [0.15, 0.2) is 0 Å². The Labute approximate surface area is 119 Å². The van der Waals surface area contributed by atoms with Gasteiger partial charge in [-0.25, -0.2) is 4.39 Å². The molecule has 0 bridgehead atoms. The highest BCUT2D eigenvalue weighted by Gasteiger charge is 2.42. The summed E-state index contributed by atoms with van der Waals surface area (Å²) in [5.74, 6) is 1.16. The molecule has 1 aromatic rings. The molecule has 3 nitrogen and oxygen atoms in total. The minimum atomic E-state index is -0.256. The van der Waals surface area contributed by atoms with Gasteiger partial charge in [-0.2, -0.15) is 5.26 Å². The lowest BCUT2D eigenvalue weighted by Gasteiger charge is -2.27. The summed E-state index contributed by atoms with van der Waals surface area (Å²) >= 11 is 0. The molecule has 2 fully saturated rings. The van der Waals surface area contributed by atoms with Crippen molar-refractivity contribution in [3.63, 3.8) is 0 Å². The summed E-state index contributed by atoms with van der Waals surface area (Å²) in [5, 5.41) is 12.6. The average Bonchev–Trinajstić information content (AvgIpc) is 2.99. The Balaban J connectivity index is 1.81. The lowest BCUT2D eigenvalue weighted by atomic mass is 9.93. The number of nitriles is 1. The third-order valence-corrected chi connectivity index (χ3v) is 4.80. The van der Waals surface area contributed by atoms with E-state index in [2.05, 4.69) is 23.2 Å². The van der Waals surface area contributed by atoms with Crippen molar-refractivity contribution in [2.75, 3.05) is 19.6 Å². The van der Waals surface area contributed by atoms with Crippen molar-refractivity contribution < 1.29 is 4.39 Å². The number of rotatable bonds is 3. The number of halogens is 1. The second kappa shape index (κ2) is 5.51. The number of hydrogen-bond acceptors (Lipinski definition) is 3. The Morgan fingerprint density at radius 2 is 2.30 bits per heavy atom. The first-order chi connectivity index (χ1) is 9.72. The molecule has 3 unspecified atom stereocenters. The molecule has 0 amide bonds. The van der Waals surface area contributed by atoms with E-state index in [1.807, 2.05) is 0 Å². The minimum Gasteiger partial charge on any atom is -0.316 e. The molecule has 2 heterocycles. The van der Waals surface area contributed by atoms with Gasteiger partial charge in [-0.3, -0.25) is 4.90 Å². The molecule has 2 aliphatic rings. The number of benzene rings is 1. The van der Waals surface area contributed by atoms with Crippen LogP contribution in [-0.2, 0) is 6.54 Å². The number of nitrogens with one attached hydrogen (secondary N) is 1. The van der Waals surface area contributed by atoms with Crippen LogP contribution in [0.2, 0.25) is 0 Å². The van der Waals surface area contributed by atoms with E-state index in [1.54, 1.807) is 6.07 Å². The maximum atomic E-state index is 13.4. The normalized spacial score (nSPS) is 29.4. The van der Waals surface area contributed by atoms with Crippen molar-refractivity contribution in [1.82, 2.24) is 10.2 Å².